The first-order chi connectivity index (χ1) is 15.4. The molecule has 3 rings (SSSR count). The maximum atomic E-state index is 14.3. The van der Waals surface area contributed by atoms with Crippen molar-refractivity contribution in [1.82, 2.24) is 4.98 Å². The summed E-state index contributed by atoms with van der Waals surface area (Å²) in [7, 11) is -1.01. The monoisotopic (exact) mass is 490 g/mol. The van der Waals surface area contributed by atoms with Gasteiger partial charge in [-0.3, -0.25) is 4.79 Å². The number of benzene rings is 1. The van der Waals surface area contributed by atoms with Crippen LogP contribution in [0.3, 0.4) is 0 Å². The van der Waals surface area contributed by atoms with Crippen molar-refractivity contribution in [2.45, 2.75) is 29.5 Å². The number of carbonyl (C=O) groups excluding carboxylic acids is 1. The van der Waals surface area contributed by atoms with Gasteiger partial charge in [-0.25, -0.2) is 27.1 Å². The maximum Gasteiger partial charge on any atom is 0.268 e. The van der Waals surface area contributed by atoms with E-state index >= 15 is 0 Å². The summed E-state index contributed by atoms with van der Waals surface area (Å²) in [6, 6.07) is 3.27. The number of nitrogens with zero attached hydrogens (tertiary/aromatic N) is 2. The standard InChI is InChI=1S/C20H22F4N4O4S/c1-31-17-13(5-4-12(21)16(17)22)28-10-20(32-2,19(23)24)9-14(28)18(29)27-11-6-7-26-15(8-11)33(3,25)30/h4-8,14,19,25H,9-10H2,1-3H3,(H,26,27,29). The Balaban J connectivity index is 2.02. The van der Waals surface area contributed by atoms with Crippen LogP contribution in [0.5, 0.6) is 5.75 Å². The molecule has 2 heterocycles. The van der Waals surface area contributed by atoms with Gasteiger partial charge in [-0.1, -0.05) is 0 Å². The molecule has 0 bridgehead atoms. The molecule has 0 spiro atoms. The fourth-order valence-corrected chi connectivity index (χ4v) is 4.26. The molecule has 0 radical (unpaired) electrons. The number of aromatic nitrogens is 1. The second-order valence-electron chi connectivity index (χ2n) is 7.55. The Morgan fingerprint density at radius 2 is 2.03 bits per heavy atom. The van der Waals surface area contributed by atoms with Crippen LogP contribution in [0.1, 0.15) is 6.42 Å². The van der Waals surface area contributed by atoms with E-state index in [1.165, 1.54) is 23.2 Å². The van der Waals surface area contributed by atoms with E-state index in [-0.39, 0.29) is 16.4 Å². The number of nitrogens with one attached hydrogen (secondary N) is 2. The third-order valence-corrected chi connectivity index (χ3v) is 6.43. The summed E-state index contributed by atoms with van der Waals surface area (Å²) in [6.45, 7) is -0.502. The first kappa shape index (κ1) is 24.7. The lowest BCUT2D eigenvalue weighted by atomic mass is 10.00. The predicted molar refractivity (Wildman–Crippen MR) is 112 cm³/mol. The number of anilines is 2. The molecule has 2 N–H and O–H groups in total. The summed E-state index contributed by atoms with van der Waals surface area (Å²) in [4.78, 5) is 18.1. The zero-order valence-corrected chi connectivity index (χ0v) is 18.7. The van der Waals surface area contributed by atoms with E-state index in [4.69, 9.17) is 14.3 Å². The average molecular weight is 490 g/mol. The number of ether oxygens (including phenoxy) is 2. The van der Waals surface area contributed by atoms with Crippen LogP contribution in [0.4, 0.5) is 28.9 Å². The van der Waals surface area contributed by atoms with Crippen molar-refractivity contribution in [1.29, 1.82) is 4.78 Å². The second-order valence-corrected chi connectivity index (χ2v) is 9.65. The topological polar surface area (TPSA) is 105 Å². The Bertz CT molecular complexity index is 1160. The number of hydrogen-bond acceptors (Lipinski definition) is 7. The van der Waals surface area contributed by atoms with E-state index in [9.17, 15) is 26.6 Å². The van der Waals surface area contributed by atoms with Gasteiger partial charge in [0.05, 0.1) is 29.1 Å². The van der Waals surface area contributed by atoms with Gasteiger partial charge in [-0.2, -0.15) is 4.39 Å². The van der Waals surface area contributed by atoms with Crippen molar-refractivity contribution in [3.05, 3.63) is 42.1 Å². The molecule has 2 aromatic rings. The molecule has 1 aliphatic heterocycles. The SMILES string of the molecule is COc1c(N2CC(OC)(C(F)F)CC2C(=O)Nc2ccnc(S(C)(=N)=O)c2)ccc(F)c1F. The van der Waals surface area contributed by atoms with Crippen LogP contribution < -0.4 is 15.0 Å². The quantitative estimate of drug-likeness (QED) is 0.578. The highest BCUT2D eigenvalue weighted by atomic mass is 32.2. The Morgan fingerprint density at radius 3 is 2.61 bits per heavy atom. The molecular weight excluding hydrogens is 468 g/mol. The molecule has 1 amide bonds. The van der Waals surface area contributed by atoms with E-state index < -0.39 is 64.1 Å². The van der Waals surface area contributed by atoms with Gasteiger partial charge in [0.25, 0.3) is 6.43 Å². The van der Waals surface area contributed by atoms with E-state index in [1.807, 2.05) is 0 Å². The molecule has 33 heavy (non-hydrogen) atoms. The van der Waals surface area contributed by atoms with Gasteiger partial charge in [0, 0.05) is 31.7 Å². The van der Waals surface area contributed by atoms with Crippen LogP contribution in [-0.2, 0) is 19.3 Å². The van der Waals surface area contributed by atoms with Crippen LogP contribution in [-0.4, -0.2) is 60.2 Å². The summed E-state index contributed by atoms with van der Waals surface area (Å²) >= 11 is 0. The van der Waals surface area contributed by atoms with E-state index in [0.717, 1.165) is 32.6 Å². The minimum absolute atomic E-state index is 0.0790. The average Bonchev–Trinajstić information content (AvgIpc) is 3.16. The Morgan fingerprint density at radius 1 is 1.33 bits per heavy atom. The highest BCUT2D eigenvalue weighted by Crippen LogP contribution is 2.42. The van der Waals surface area contributed by atoms with Crippen LogP contribution in [0.2, 0.25) is 0 Å². The number of carbonyl (C=O) groups is 1. The van der Waals surface area contributed by atoms with Gasteiger partial charge in [0.15, 0.2) is 11.6 Å². The molecule has 1 saturated heterocycles. The first-order valence-corrected chi connectivity index (χ1v) is 11.5. The molecule has 1 aliphatic rings. The molecule has 1 aromatic carbocycles. The van der Waals surface area contributed by atoms with Gasteiger partial charge < -0.3 is 19.7 Å². The smallest absolute Gasteiger partial charge is 0.268 e. The van der Waals surface area contributed by atoms with Gasteiger partial charge >= 0.3 is 0 Å². The van der Waals surface area contributed by atoms with E-state index in [2.05, 4.69) is 10.3 Å². The van der Waals surface area contributed by atoms with E-state index in [0.29, 0.717) is 0 Å². The molecule has 0 saturated carbocycles. The first-order valence-electron chi connectivity index (χ1n) is 9.56. The molecule has 180 valence electrons. The minimum atomic E-state index is -3.17. The third kappa shape index (κ3) is 4.74. The molecule has 13 heteroatoms. The van der Waals surface area contributed by atoms with Gasteiger partial charge in [0.1, 0.15) is 16.7 Å². The Hall–Kier alpha value is -2.93. The molecule has 3 atom stereocenters. The zero-order chi connectivity index (χ0) is 24.6. The zero-order valence-electron chi connectivity index (χ0n) is 17.9. The summed E-state index contributed by atoms with van der Waals surface area (Å²) in [5, 5.41) is 2.44. The van der Waals surface area contributed by atoms with Crippen molar-refractivity contribution in [2.75, 3.05) is 37.2 Å². The summed E-state index contributed by atoms with van der Waals surface area (Å²) in [5.41, 5.74) is -2.02. The van der Waals surface area contributed by atoms with Crippen molar-refractivity contribution < 1.29 is 36.0 Å². The fraction of sp³-hybridized carbons (Fsp3) is 0.400. The summed E-state index contributed by atoms with van der Waals surface area (Å²) in [5.74, 6) is -3.83. The molecule has 0 aliphatic carbocycles. The molecule has 1 fully saturated rings. The number of hydrogen-bond donors (Lipinski definition) is 2. The fourth-order valence-electron chi connectivity index (χ4n) is 3.65. The Labute approximate surface area is 187 Å². The number of alkyl halides is 2. The number of halogens is 4. The largest absolute Gasteiger partial charge is 0.491 e. The predicted octanol–water partition coefficient (Wildman–Crippen LogP) is 3.27. The van der Waals surface area contributed by atoms with Crippen molar-refractivity contribution in [3.63, 3.8) is 0 Å². The van der Waals surface area contributed by atoms with Gasteiger partial charge in [-0.15, -0.1) is 0 Å². The van der Waals surface area contributed by atoms with Crippen molar-refractivity contribution >= 4 is 27.0 Å². The van der Waals surface area contributed by atoms with Crippen LogP contribution in [0, 0.1) is 16.4 Å². The van der Waals surface area contributed by atoms with Gasteiger partial charge in [-0.05, 0) is 24.3 Å². The van der Waals surface area contributed by atoms with Crippen LogP contribution in [0.15, 0.2) is 35.5 Å². The minimum Gasteiger partial charge on any atom is -0.491 e. The highest BCUT2D eigenvalue weighted by Gasteiger charge is 2.53. The van der Waals surface area contributed by atoms with Gasteiger partial charge in [0.2, 0.25) is 11.7 Å². The lowest BCUT2D eigenvalue weighted by Crippen LogP contribution is -2.42. The molecule has 8 nitrogen and oxygen atoms in total. The highest BCUT2D eigenvalue weighted by molar-refractivity contribution is 7.91. The third-order valence-electron chi connectivity index (χ3n) is 5.40. The van der Waals surface area contributed by atoms with Crippen LogP contribution >= 0.6 is 0 Å². The van der Waals surface area contributed by atoms with Crippen LogP contribution in [0.25, 0.3) is 0 Å². The van der Waals surface area contributed by atoms with Crippen molar-refractivity contribution in [3.8, 4) is 5.75 Å². The molecular formula is C20H22F4N4O4S. The lowest BCUT2D eigenvalue weighted by molar-refractivity contribution is -0.122. The van der Waals surface area contributed by atoms with Crippen molar-refractivity contribution in [2.24, 2.45) is 0 Å². The number of amides is 1. The second kappa shape index (κ2) is 9.14. The number of rotatable bonds is 7. The number of methoxy groups -OCH3 is 2. The number of pyridine rings is 1. The molecule has 1 aromatic heterocycles. The normalized spacial score (nSPS) is 22.3. The maximum absolute atomic E-state index is 14.3. The Kier molecular flexibility index (Phi) is 6.84. The summed E-state index contributed by atoms with van der Waals surface area (Å²) < 4.78 is 85.6. The lowest BCUT2D eigenvalue weighted by Gasteiger charge is -2.29. The van der Waals surface area contributed by atoms with E-state index in [1.54, 1.807) is 0 Å². The molecule has 3 unspecified atom stereocenters. The summed E-state index contributed by atoms with van der Waals surface area (Å²) in [6.07, 6.45) is -1.05.